The molecule has 1 atom stereocenters. The van der Waals surface area contributed by atoms with Crippen LogP contribution in [-0.4, -0.2) is 34.9 Å². The number of benzene rings is 1. The molecule has 1 N–H and O–H groups in total. The number of rotatable bonds is 3. The Labute approximate surface area is 104 Å². The quantitative estimate of drug-likeness (QED) is 0.897. The van der Waals surface area contributed by atoms with Crippen molar-refractivity contribution in [3.05, 3.63) is 35.9 Å². The summed E-state index contributed by atoms with van der Waals surface area (Å²) in [5.41, 5.74) is 0.0510. The Morgan fingerprint density at radius 1 is 1.22 bits per heavy atom. The van der Waals surface area contributed by atoms with Gasteiger partial charge in [-0.15, -0.1) is 0 Å². The Morgan fingerprint density at radius 2 is 1.78 bits per heavy atom. The third kappa shape index (κ3) is 2.36. The van der Waals surface area contributed by atoms with E-state index in [2.05, 4.69) is 0 Å². The van der Waals surface area contributed by atoms with Gasteiger partial charge in [0.25, 0.3) is 5.91 Å². The molecule has 1 saturated heterocycles. The van der Waals surface area contributed by atoms with Crippen LogP contribution in [0, 0.1) is 0 Å². The van der Waals surface area contributed by atoms with Gasteiger partial charge in [-0.25, -0.2) is 0 Å². The Morgan fingerprint density at radius 3 is 2.33 bits per heavy atom. The van der Waals surface area contributed by atoms with Crippen LogP contribution in [0.2, 0.25) is 0 Å². The fourth-order valence-electron chi connectivity index (χ4n) is 2.09. The first-order valence-electron chi connectivity index (χ1n) is 5.93. The third-order valence-corrected chi connectivity index (χ3v) is 3.14. The van der Waals surface area contributed by atoms with E-state index < -0.39 is 17.9 Å². The highest BCUT2D eigenvalue weighted by Crippen LogP contribution is 2.33. The number of carbonyl (C=O) groups excluding carboxylic acids is 1. The van der Waals surface area contributed by atoms with Gasteiger partial charge in [-0.1, -0.05) is 30.3 Å². The molecule has 1 fully saturated rings. The lowest BCUT2D eigenvalue weighted by Gasteiger charge is -2.26. The molecule has 0 aromatic heterocycles. The van der Waals surface area contributed by atoms with Crippen LogP contribution in [0.15, 0.2) is 30.3 Å². The molecule has 1 unspecified atom stereocenters. The van der Waals surface area contributed by atoms with Crippen molar-refractivity contribution in [1.29, 1.82) is 0 Å². The predicted molar refractivity (Wildman–Crippen MR) is 62.2 cm³/mol. The lowest BCUT2D eigenvalue weighted by molar-refractivity contribution is -0.174. The number of hydrogen-bond acceptors (Lipinski definition) is 2. The van der Waals surface area contributed by atoms with Crippen molar-refractivity contribution in [2.75, 3.05) is 13.1 Å². The first kappa shape index (κ1) is 13.0. The number of nitrogens with zero attached hydrogens (tertiary/aromatic N) is 1. The average Bonchev–Trinajstić information content (AvgIpc) is 2.91. The lowest BCUT2D eigenvalue weighted by atomic mass is 10.0. The summed E-state index contributed by atoms with van der Waals surface area (Å²) in [6.45, 7) is 0.686. The van der Waals surface area contributed by atoms with Crippen LogP contribution in [-0.2, 0) is 4.79 Å². The van der Waals surface area contributed by atoms with E-state index in [4.69, 9.17) is 0 Å². The van der Waals surface area contributed by atoms with Crippen LogP contribution in [0.1, 0.15) is 24.5 Å². The largest absolute Gasteiger partial charge is 0.381 e. The summed E-state index contributed by atoms with van der Waals surface area (Å²) in [6, 6.07) is 7.53. The molecule has 1 aromatic carbocycles. The molecule has 1 aliphatic heterocycles. The molecule has 18 heavy (non-hydrogen) atoms. The highest BCUT2D eigenvalue weighted by atomic mass is 19.3. The molecule has 2 rings (SSSR count). The van der Waals surface area contributed by atoms with Gasteiger partial charge in [0.15, 0.2) is 6.10 Å². The Hall–Kier alpha value is -1.49. The standard InChI is InChI=1S/C13H15F2NO2/c14-13(15,12(18)16-8-4-5-9-16)11(17)10-6-2-1-3-7-10/h1-3,6-7,11,17H,4-5,8-9H2. The minimum Gasteiger partial charge on any atom is -0.381 e. The summed E-state index contributed by atoms with van der Waals surface area (Å²) in [7, 11) is 0. The van der Waals surface area contributed by atoms with Crippen molar-refractivity contribution in [3.63, 3.8) is 0 Å². The van der Waals surface area contributed by atoms with E-state index in [0.29, 0.717) is 13.1 Å². The summed E-state index contributed by atoms with van der Waals surface area (Å²) < 4.78 is 27.8. The van der Waals surface area contributed by atoms with E-state index >= 15 is 0 Å². The second-order valence-electron chi connectivity index (χ2n) is 4.44. The van der Waals surface area contributed by atoms with Gasteiger partial charge in [0, 0.05) is 13.1 Å². The van der Waals surface area contributed by atoms with Crippen LogP contribution in [0.4, 0.5) is 8.78 Å². The monoisotopic (exact) mass is 255 g/mol. The van der Waals surface area contributed by atoms with Crippen LogP contribution in [0.25, 0.3) is 0 Å². The van der Waals surface area contributed by atoms with E-state index in [-0.39, 0.29) is 5.56 Å². The van der Waals surface area contributed by atoms with Crippen LogP contribution >= 0.6 is 0 Å². The van der Waals surface area contributed by atoms with E-state index in [9.17, 15) is 18.7 Å². The molecule has 1 heterocycles. The lowest BCUT2D eigenvalue weighted by Crippen LogP contribution is -2.45. The number of halogens is 2. The first-order chi connectivity index (χ1) is 8.53. The van der Waals surface area contributed by atoms with E-state index in [1.165, 1.54) is 12.1 Å². The number of hydrogen-bond donors (Lipinski definition) is 1. The molecular formula is C13H15F2NO2. The van der Waals surface area contributed by atoms with Crippen molar-refractivity contribution < 1.29 is 18.7 Å². The minimum absolute atomic E-state index is 0.0510. The van der Waals surface area contributed by atoms with Gasteiger partial charge in [0.1, 0.15) is 0 Å². The number of aliphatic hydroxyl groups is 1. The number of amides is 1. The molecule has 0 radical (unpaired) electrons. The molecule has 3 nitrogen and oxygen atoms in total. The summed E-state index contributed by atoms with van der Waals surface area (Å²) in [6.07, 6.45) is -0.612. The Bertz CT molecular complexity index is 416. The van der Waals surface area contributed by atoms with Gasteiger partial charge >= 0.3 is 5.92 Å². The molecule has 1 amide bonds. The molecule has 0 bridgehead atoms. The molecule has 98 valence electrons. The predicted octanol–water partition coefficient (Wildman–Crippen LogP) is 1.98. The van der Waals surface area contributed by atoms with Gasteiger partial charge in [-0.3, -0.25) is 4.79 Å². The first-order valence-corrected chi connectivity index (χ1v) is 5.93. The Kier molecular flexibility index (Phi) is 3.61. The summed E-state index contributed by atoms with van der Waals surface area (Å²) in [5, 5.41) is 9.68. The van der Waals surface area contributed by atoms with Gasteiger partial charge < -0.3 is 10.0 Å². The zero-order valence-electron chi connectivity index (χ0n) is 9.85. The van der Waals surface area contributed by atoms with Crippen molar-refractivity contribution in [2.45, 2.75) is 24.9 Å². The fraction of sp³-hybridized carbons (Fsp3) is 0.462. The average molecular weight is 255 g/mol. The van der Waals surface area contributed by atoms with E-state index in [1.54, 1.807) is 18.2 Å². The molecule has 0 aliphatic carbocycles. The Balaban J connectivity index is 2.16. The van der Waals surface area contributed by atoms with Crippen molar-refractivity contribution in [1.82, 2.24) is 4.90 Å². The molecule has 0 saturated carbocycles. The van der Waals surface area contributed by atoms with E-state index in [0.717, 1.165) is 17.7 Å². The highest BCUT2D eigenvalue weighted by molar-refractivity contribution is 5.84. The molecule has 0 spiro atoms. The van der Waals surface area contributed by atoms with Gasteiger partial charge in [0.2, 0.25) is 0 Å². The third-order valence-electron chi connectivity index (χ3n) is 3.14. The smallest absolute Gasteiger partial charge is 0.353 e. The van der Waals surface area contributed by atoms with Crippen LogP contribution in [0.3, 0.4) is 0 Å². The number of carbonyl (C=O) groups is 1. The summed E-state index contributed by atoms with van der Waals surface area (Å²) >= 11 is 0. The van der Waals surface area contributed by atoms with Gasteiger partial charge in [0.05, 0.1) is 0 Å². The second kappa shape index (κ2) is 5.02. The number of alkyl halides is 2. The zero-order valence-corrected chi connectivity index (χ0v) is 9.85. The molecule has 1 aromatic rings. The van der Waals surface area contributed by atoms with Gasteiger partial charge in [-0.2, -0.15) is 8.78 Å². The fourth-order valence-corrected chi connectivity index (χ4v) is 2.09. The maximum absolute atomic E-state index is 13.9. The number of likely N-dealkylation sites (tertiary alicyclic amines) is 1. The van der Waals surface area contributed by atoms with E-state index in [1.807, 2.05) is 0 Å². The molecular weight excluding hydrogens is 240 g/mol. The molecule has 5 heteroatoms. The zero-order chi connectivity index (χ0) is 13.2. The van der Waals surface area contributed by atoms with Gasteiger partial charge in [-0.05, 0) is 18.4 Å². The normalized spacial score (nSPS) is 17.8. The van der Waals surface area contributed by atoms with Crippen molar-refractivity contribution in [3.8, 4) is 0 Å². The summed E-state index contributed by atoms with van der Waals surface area (Å²) in [4.78, 5) is 12.8. The second-order valence-corrected chi connectivity index (χ2v) is 4.44. The van der Waals surface area contributed by atoms with Crippen molar-refractivity contribution in [2.24, 2.45) is 0 Å². The molecule has 1 aliphatic rings. The summed E-state index contributed by atoms with van der Waals surface area (Å²) in [5.74, 6) is -5.05. The van der Waals surface area contributed by atoms with Crippen LogP contribution < -0.4 is 0 Å². The topological polar surface area (TPSA) is 40.5 Å². The maximum Gasteiger partial charge on any atom is 0.353 e. The number of aliphatic hydroxyl groups excluding tert-OH is 1. The highest BCUT2D eigenvalue weighted by Gasteiger charge is 2.49. The maximum atomic E-state index is 13.9. The van der Waals surface area contributed by atoms with Crippen LogP contribution in [0.5, 0.6) is 0 Å². The minimum atomic E-state index is -3.77. The van der Waals surface area contributed by atoms with Crippen molar-refractivity contribution >= 4 is 5.91 Å². The SMILES string of the molecule is O=C(N1CCCC1)C(F)(F)C(O)c1ccccc1.